The molecule has 0 atom stereocenters. The summed E-state index contributed by atoms with van der Waals surface area (Å²) in [5.74, 6) is 0.0986. The van der Waals surface area contributed by atoms with Crippen molar-refractivity contribution in [2.75, 3.05) is 6.54 Å². The highest BCUT2D eigenvalue weighted by atomic mass is 32.1. The van der Waals surface area contributed by atoms with Gasteiger partial charge in [-0.25, -0.2) is 0 Å². The fourth-order valence-electron chi connectivity index (χ4n) is 1.12. The van der Waals surface area contributed by atoms with Crippen molar-refractivity contribution in [1.29, 1.82) is 0 Å². The van der Waals surface area contributed by atoms with Crippen molar-refractivity contribution in [3.63, 3.8) is 0 Å². The van der Waals surface area contributed by atoms with Crippen molar-refractivity contribution in [1.82, 2.24) is 5.43 Å². The molecule has 1 fully saturated rings. The SMILES string of the molecule is O=C1CC/[N+](=C\c2ccsc2)N1. The molecule has 0 unspecified atom stereocenters. The molecular weight excluding hydrogens is 172 g/mol. The Hall–Kier alpha value is -1.16. The van der Waals surface area contributed by atoms with Crippen molar-refractivity contribution in [3.8, 4) is 0 Å². The van der Waals surface area contributed by atoms with Crippen molar-refractivity contribution in [3.05, 3.63) is 22.4 Å². The molecule has 0 aromatic carbocycles. The highest BCUT2D eigenvalue weighted by molar-refractivity contribution is 7.08. The number of hydrogen-bond acceptors (Lipinski definition) is 2. The Bertz CT molecular complexity index is 316. The standard InChI is InChI=1S/C8H8N2OS/c11-8-1-3-10(9-8)5-7-2-4-12-6-7/h2,4-6H,1,3H2/p+1/b10-5+. The molecular formula is C8H9N2OS+. The number of thiophene rings is 1. The van der Waals surface area contributed by atoms with Gasteiger partial charge in [-0.3, -0.25) is 4.79 Å². The number of nitrogens with zero attached hydrogens (tertiary/aromatic N) is 1. The lowest BCUT2D eigenvalue weighted by atomic mass is 10.4. The highest BCUT2D eigenvalue weighted by Gasteiger charge is 2.20. The maximum Gasteiger partial charge on any atom is 0.280 e. The summed E-state index contributed by atoms with van der Waals surface area (Å²) >= 11 is 1.65. The summed E-state index contributed by atoms with van der Waals surface area (Å²) in [7, 11) is 0. The largest absolute Gasteiger partial charge is 0.280 e. The third-order valence-corrected chi connectivity index (χ3v) is 2.40. The summed E-state index contributed by atoms with van der Waals surface area (Å²) in [6.45, 7) is 0.772. The minimum atomic E-state index is 0.0986. The van der Waals surface area contributed by atoms with Crippen LogP contribution in [0.3, 0.4) is 0 Å². The third kappa shape index (κ3) is 1.53. The average molecular weight is 181 g/mol. The van der Waals surface area contributed by atoms with Crippen LogP contribution in [0, 0.1) is 0 Å². The predicted molar refractivity (Wildman–Crippen MR) is 47.4 cm³/mol. The Morgan fingerprint density at radius 3 is 3.17 bits per heavy atom. The fraction of sp³-hybridized carbons (Fsp3) is 0.250. The van der Waals surface area contributed by atoms with Gasteiger partial charge < -0.3 is 0 Å². The maximum absolute atomic E-state index is 10.8. The molecule has 1 aromatic rings. The van der Waals surface area contributed by atoms with Gasteiger partial charge in [0.05, 0.1) is 12.0 Å². The molecule has 0 bridgehead atoms. The lowest BCUT2D eigenvalue weighted by Gasteiger charge is -1.87. The van der Waals surface area contributed by atoms with E-state index in [1.807, 2.05) is 27.7 Å². The van der Waals surface area contributed by atoms with Crippen molar-refractivity contribution in [2.24, 2.45) is 0 Å². The number of hydrazine groups is 1. The van der Waals surface area contributed by atoms with Gasteiger partial charge in [0.1, 0.15) is 0 Å². The zero-order valence-electron chi connectivity index (χ0n) is 6.49. The first-order valence-electron chi connectivity index (χ1n) is 3.78. The van der Waals surface area contributed by atoms with Gasteiger partial charge in [0.2, 0.25) is 6.21 Å². The van der Waals surface area contributed by atoms with E-state index in [0.29, 0.717) is 6.42 Å². The van der Waals surface area contributed by atoms with Crippen LogP contribution in [0.1, 0.15) is 12.0 Å². The van der Waals surface area contributed by atoms with Crippen LogP contribution in [0.2, 0.25) is 0 Å². The topological polar surface area (TPSA) is 32.1 Å². The zero-order chi connectivity index (χ0) is 8.39. The highest BCUT2D eigenvalue weighted by Crippen LogP contribution is 2.03. The maximum atomic E-state index is 10.8. The van der Waals surface area contributed by atoms with E-state index in [9.17, 15) is 4.79 Å². The molecule has 0 aliphatic carbocycles. The number of hydrogen-bond donors (Lipinski definition) is 1. The van der Waals surface area contributed by atoms with E-state index in [0.717, 1.165) is 12.1 Å². The molecule has 1 saturated heterocycles. The van der Waals surface area contributed by atoms with Crippen molar-refractivity contribution < 1.29 is 9.48 Å². The number of carbonyl (C=O) groups excluding carboxylic acids is 1. The van der Waals surface area contributed by atoms with Crippen LogP contribution >= 0.6 is 11.3 Å². The molecule has 1 aromatic heterocycles. The molecule has 62 valence electrons. The van der Waals surface area contributed by atoms with E-state index in [4.69, 9.17) is 0 Å². The fourth-order valence-corrected chi connectivity index (χ4v) is 1.73. The number of rotatable bonds is 1. The molecule has 0 spiro atoms. The van der Waals surface area contributed by atoms with E-state index >= 15 is 0 Å². The van der Waals surface area contributed by atoms with Gasteiger partial charge in [-0.1, -0.05) is 0 Å². The number of hydrazone groups is 1. The minimum absolute atomic E-state index is 0.0986. The number of nitrogens with one attached hydrogen (secondary N) is 1. The lowest BCUT2D eigenvalue weighted by Crippen LogP contribution is -2.24. The Kier molecular flexibility index (Phi) is 1.91. The van der Waals surface area contributed by atoms with Gasteiger partial charge >= 0.3 is 0 Å². The molecule has 3 nitrogen and oxygen atoms in total. The van der Waals surface area contributed by atoms with Crippen LogP contribution in [0.15, 0.2) is 16.8 Å². The van der Waals surface area contributed by atoms with E-state index < -0.39 is 0 Å². The first kappa shape index (κ1) is 7.49. The molecule has 1 aliphatic rings. The molecule has 1 amide bonds. The second kappa shape index (κ2) is 3.06. The van der Waals surface area contributed by atoms with Gasteiger partial charge in [0, 0.05) is 5.38 Å². The van der Waals surface area contributed by atoms with Gasteiger partial charge in [0.15, 0.2) is 6.54 Å². The van der Waals surface area contributed by atoms with Crippen LogP contribution in [0.5, 0.6) is 0 Å². The number of carbonyl (C=O) groups is 1. The van der Waals surface area contributed by atoms with E-state index in [1.165, 1.54) is 0 Å². The van der Waals surface area contributed by atoms with Crippen LogP contribution in [-0.4, -0.2) is 23.4 Å². The second-order valence-corrected chi connectivity index (χ2v) is 3.44. The molecule has 2 rings (SSSR count). The van der Waals surface area contributed by atoms with Crippen LogP contribution in [0.4, 0.5) is 0 Å². The Balaban J connectivity index is 2.15. The van der Waals surface area contributed by atoms with Gasteiger partial charge in [-0.05, 0) is 11.4 Å². The number of amides is 1. The molecule has 12 heavy (non-hydrogen) atoms. The molecule has 1 aliphatic heterocycles. The molecule has 0 saturated carbocycles. The predicted octanol–water partition coefficient (Wildman–Crippen LogP) is 0.614. The average Bonchev–Trinajstić information content (AvgIpc) is 2.63. The zero-order valence-corrected chi connectivity index (χ0v) is 7.30. The van der Waals surface area contributed by atoms with Crippen molar-refractivity contribution in [2.45, 2.75) is 6.42 Å². The summed E-state index contributed by atoms with van der Waals surface area (Å²) in [6, 6.07) is 2.02. The Morgan fingerprint density at radius 2 is 2.58 bits per heavy atom. The quantitative estimate of drug-likeness (QED) is 0.633. The molecule has 1 N–H and O–H groups in total. The Morgan fingerprint density at radius 1 is 1.67 bits per heavy atom. The molecule has 2 heterocycles. The monoisotopic (exact) mass is 181 g/mol. The van der Waals surface area contributed by atoms with E-state index in [2.05, 4.69) is 5.43 Å². The second-order valence-electron chi connectivity index (χ2n) is 2.66. The molecule has 0 radical (unpaired) electrons. The van der Waals surface area contributed by atoms with Crippen LogP contribution < -0.4 is 5.43 Å². The van der Waals surface area contributed by atoms with Crippen molar-refractivity contribution >= 4 is 23.5 Å². The van der Waals surface area contributed by atoms with Gasteiger partial charge in [-0.2, -0.15) is 11.3 Å². The Labute approximate surface area is 74.3 Å². The normalized spacial score (nSPS) is 20.0. The summed E-state index contributed by atoms with van der Waals surface area (Å²) in [4.78, 5) is 10.8. The first-order chi connectivity index (χ1) is 5.84. The summed E-state index contributed by atoms with van der Waals surface area (Å²) < 4.78 is 1.82. The van der Waals surface area contributed by atoms with E-state index in [1.54, 1.807) is 11.3 Å². The first-order valence-corrected chi connectivity index (χ1v) is 4.72. The summed E-state index contributed by atoms with van der Waals surface area (Å²) in [6.07, 6.45) is 2.54. The summed E-state index contributed by atoms with van der Waals surface area (Å²) in [5.41, 5.74) is 3.88. The molecule has 4 heteroatoms. The van der Waals surface area contributed by atoms with Gasteiger partial charge in [-0.15, -0.1) is 10.1 Å². The van der Waals surface area contributed by atoms with Crippen LogP contribution in [0.25, 0.3) is 0 Å². The van der Waals surface area contributed by atoms with Gasteiger partial charge in [0.25, 0.3) is 5.91 Å². The lowest BCUT2D eigenvalue weighted by molar-refractivity contribution is -0.553. The smallest absolute Gasteiger partial charge is 0.269 e. The minimum Gasteiger partial charge on any atom is -0.269 e. The van der Waals surface area contributed by atoms with Crippen LogP contribution in [-0.2, 0) is 4.79 Å². The third-order valence-electron chi connectivity index (χ3n) is 1.70. The summed E-state index contributed by atoms with van der Waals surface area (Å²) in [5, 5.41) is 4.06. The van der Waals surface area contributed by atoms with E-state index in [-0.39, 0.29) is 5.91 Å².